The number of benzene rings is 1. The zero-order valence-corrected chi connectivity index (χ0v) is 18.7. The molecule has 10 heteroatoms. The molecule has 166 valence electrons. The van der Waals surface area contributed by atoms with E-state index < -0.39 is 0 Å². The molecule has 0 saturated carbocycles. The fraction of sp³-hybridized carbons (Fsp3) is 0.318. The van der Waals surface area contributed by atoms with E-state index in [0.29, 0.717) is 47.3 Å². The number of fused-ring (bicyclic) bond motifs is 1. The quantitative estimate of drug-likeness (QED) is 0.475. The fourth-order valence-electron chi connectivity index (χ4n) is 3.64. The van der Waals surface area contributed by atoms with Gasteiger partial charge in [0.15, 0.2) is 28.8 Å². The van der Waals surface area contributed by atoms with Crippen molar-refractivity contribution in [1.82, 2.24) is 29.6 Å². The molecule has 0 aliphatic heterocycles. The van der Waals surface area contributed by atoms with Crippen LogP contribution >= 0.6 is 0 Å². The molecule has 3 aromatic heterocycles. The lowest BCUT2D eigenvalue weighted by Crippen LogP contribution is -2.13. The number of carbonyl (C=O) groups is 1. The lowest BCUT2D eigenvalue weighted by molar-refractivity contribution is -0.116. The van der Waals surface area contributed by atoms with E-state index >= 15 is 0 Å². The highest BCUT2D eigenvalue weighted by atomic mass is 16.5. The number of amides is 1. The van der Waals surface area contributed by atoms with E-state index in [-0.39, 0.29) is 5.91 Å². The van der Waals surface area contributed by atoms with Gasteiger partial charge in [-0.25, -0.2) is 4.68 Å². The van der Waals surface area contributed by atoms with Gasteiger partial charge in [0.05, 0.1) is 19.9 Å². The van der Waals surface area contributed by atoms with Gasteiger partial charge >= 0.3 is 0 Å². The van der Waals surface area contributed by atoms with Crippen LogP contribution in [0.4, 0.5) is 5.69 Å². The topological polar surface area (TPSA) is 108 Å². The Labute approximate surface area is 185 Å². The van der Waals surface area contributed by atoms with E-state index in [1.165, 1.54) is 0 Å². The number of nitrogens with one attached hydrogen (secondary N) is 1. The summed E-state index contributed by atoms with van der Waals surface area (Å²) in [6, 6.07) is 8.99. The van der Waals surface area contributed by atoms with E-state index in [0.717, 1.165) is 17.0 Å². The maximum absolute atomic E-state index is 12.6. The molecule has 0 radical (unpaired) electrons. The summed E-state index contributed by atoms with van der Waals surface area (Å²) in [5.74, 6) is 2.45. The zero-order valence-electron chi connectivity index (χ0n) is 18.7. The van der Waals surface area contributed by atoms with Crippen LogP contribution in [0.1, 0.15) is 29.2 Å². The molecule has 0 saturated heterocycles. The molecule has 0 fully saturated rings. The standard InChI is InChI=1S/C22H25N7O3/c1-13-17(7-11-22(30)23-16-6-8-18(31-4)19(12-16)32-5)14(2)28(26-13)21-10-9-20-25-24-15(3)29(20)27-21/h6,8-10,12H,7,11H2,1-5H3,(H,23,30). The lowest BCUT2D eigenvalue weighted by atomic mass is 10.1. The van der Waals surface area contributed by atoms with Crippen LogP contribution in [0.2, 0.25) is 0 Å². The minimum Gasteiger partial charge on any atom is -0.493 e. The van der Waals surface area contributed by atoms with E-state index in [1.54, 1.807) is 41.6 Å². The van der Waals surface area contributed by atoms with Crippen molar-refractivity contribution in [2.24, 2.45) is 0 Å². The summed E-state index contributed by atoms with van der Waals surface area (Å²) in [6.45, 7) is 5.76. The van der Waals surface area contributed by atoms with Crippen LogP contribution < -0.4 is 14.8 Å². The first-order chi connectivity index (χ1) is 15.4. The van der Waals surface area contributed by atoms with Crippen molar-refractivity contribution < 1.29 is 14.3 Å². The Morgan fingerprint density at radius 1 is 1.00 bits per heavy atom. The van der Waals surface area contributed by atoms with Crippen molar-refractivity contribution in [3.63, 3.8) is 0 Å². The van der Waals surface area contributed by atoms with Crippen LogP contribution in [0.5, 0.6) is 11.5 Å². The second kappa shape index (κ2) is 8.66. The highest BCUT2D eigenvalue weighted by Crippen LogP contribution is 2.30. The molecule has 1 N–H and O–H groups in total. The third-order valence-corrected chi connectivity index (χ3v) is 5.33. The molecule has 4 aromatic rings. The number of carbonyl (C=O) groups excluding carboxylic acids is 1. The Kier molecular flexibility index (Phi) is 5.76. The molecule has 0 unspecified atom stereocenters. The number of hydrogen-bond donors (Lipinski definition) is 1. The van der Waals surface area contributed by atoms with Gasteiger partial charge in [0, 0.05) is 23.9 Å². The Hall–Kier alpha value is -3.95. The molecule has 4 rings (SSSR count). The van der Waals surface area contributed by atoms with Gasteiger partial charge in [0.1, 0.15) is 0 Å². The number of ether oxygens (including phenoxy) is 2. The predicted octanol–water partition coefficient (Wildman–Crippen LogP) is 2.82. The number of aryl methyl sites for hydroxylation is 2. The summed E-state index contributed by atoms with van der Waals surface area (Å²) in [6.07, 6.45) is 0.878. The van der Waals surface area contributed by atoms with Gasteiger partial charge in [-0.1, -0.05) is 0 Å². The van der Waals surface area contributed by atoms with Gasteiger partial charge < -0.3 is 14.8 Å². The van der Waals surface area contributed by atoms with Crippen LogP contribution in [-0.4, -0.2) is 49.7 Å². The van der Waals surface area contributed by atoms with Crippen LogP contribution in [-0.2, 0) is 11.2 Å². The molecule has 1 amide bonds. The van der Waals surface area contributed by atoms with E-state index in [4.69, 9.17) is 9.47 Å². The van der Waals surface area contributed by atoms with Gasteiger partial charge in [0.2, 0.25) is 5.91 Å². The Bertz CT molecular complexity index is 1290. The largest absolute Gasteiger partial charge is 0.493 e. The maximum atomic E-state index is 12.6. The van der Waals surface area contributed by atoms with Crippen LogP contribution in [0, 0.1) is 20.8 Å². The summed E-state index contributed by atoms with van der Waals surface area (Å²) in [4.78, 5) is 12.6. The van der Waals surface area contributed by atoms with Crippen molar-refractivity contribution in [2.45, 2.75) is 33.6 Å². The molecule has 0 atom stereocenters. The molecule has 3 heterocycles. The summed E-state index contributed by atoms with van der Waals surface area (Å²) in [5.41, 5.74) is 4.16. The lowest BCUT2D eigenvalue weighted by Gasteiger charge is -2.10. The number of aromatic nitrogens is 6. The van der Waals surface area contributed by atoms with Crippen molar-refractivity contribution in [1.29, 1.82) is 0 Å². The monoisotopic (exact) mass is 435 g/mol. The summed E-state index contributed by atoms with van der Waals surface area (Å²) in [7, 11) is 3.13. The van der Waals surface area contributed by atoms with Crippen molar-refractivity contribution in [3.05, 3.63) is 53.1 Å². The zero-order chi connectivity index (χ0) is 22.8. The molecule has 10 nitrogen and oxygen atoms in total. The first-order valence-corrected chi connectivity index (χ1v) is 10.2. The minimum absolute atomic E-state index is 0.0940. The average Bonchev–Trinajstić information content (AvgIpc) is 3.30. The van der Waals surface area contributed by atoms with Crippen molar-refractivity contribution in [2.75, 3.05) is 19.5 Å². The molecule has 0 aliphatic rings. The van der Waals surface area contributed by atoms with E-state index in [2.05, 4.69) is 25.7 Å². The number of hydrogen-bond acceptors (Lipinski definition) is 7. The predicted molar refractivity (Wildman–Crippen MR) is 119 cm³/mol. The third kappa shape index (κ3) is 3.98. The van der Waals surface area contributed by atoms with Gasteiger partial charge in [-0.05, 0) is 57.0 Å². The molecule has 0 aliphatic carbocycles. The highest BCUT2D eigenvalue weighted by molar-refractivity contribution is 5.91. The summed E-state index contributed by atoms with van der Waals surface area (Å²) in [5, 5.41) is 20.2. The normalized spacial score (nSPS) is 11.0. The highest BCUT2D eigenvalue weighted by Gasteiger charge is 2.16. The second-order valence-corrected chi connectivity index (χ2v) is 7.39. The molecule has 0 bridgehead atoms. The Morgan fingerprint density at radius 3 is 2.53 bits per heavy atom. The second-order valence-electron chi connectivity index (χ2n) is 7.39. The molecule has 32 heavy (non-hydrogen) atoms. The van der Waals surface area contributed by atoms with Gasteiger partial charge in [-0.3, -0.25) is 4.79 Å². The van der Waals surface area contributed by atoms with Crippen LogP contribution in [0.3, 0.4) is 0 Å². The van der Waals surface area contributed by atoms with Crippen molar-refractivity contribution in [3.8, 4) is 17.3 Å². The number of methoxy groups -OCH3 is 2. The molecule has 1 aromatic carbocycles. The molecular weight excluding hydrogens is 410 g/mol. The SMILES string of the molecule is COc1ccc(NC(=O)CCc2c(C)nn(-c3ccc4nnc(C)n4n3)c2C)cc1OC. The first-order valence-electron chi connectivity index (χ1n) is 10.2. The van der Waals surface area contributed by atoms with Crippen LogP contribution in [0.25, 0.3) is 11.5 Å². The molecular formula is C22H25N7O3. The summed E-state index contributed by atoms with van der Waals surface area (Å²) >= 11 is 0. The minimum atomic E-state index is -0.0940. The first kappa shape index (κ1) is 21.3. The van der Waals surface area contributed by atoms with E-state index in [9.17, 15) is 4.79 Å². The maximum Gasteiger partial charge on any atom is 0.224 e. The average molecular weight is 435 g/mol. The van der Waals surface area contributed by atoms with Gasteiger partial charge in [-0.15, -0.1) is 15.3 Å². The number of rotatable bonds is 7. The number of anilines is 1. The fourth-order valence-corrected chi connectivity index (χ4v) is 3.64. The Morgan fingerprint density at radius 2 is 1.78 bits per heavy atom. The van der Waals surface area contributed by atoms with E-state index in [1.807, 2.05) is 32.9 Å². The Balaban J connectivity index is 1.48. The summed E-state index contributed by atoms with van der Waals surface area (Å²) < 4.78 is 14.0. The third-order valence-electron chi connectivity index (χ3n) is 5.33. The molecule has 0 spiro atoms. The smallest absolute Gasteiger partial charge is 0.224 e. The van der Waals surface area contributed by atoms with Crippen LogP contribution in [0.15, 0.2) is 30.3 Å². The van der Waals surface area contributed by atoms with Gasteiger partial charge in [0.25, 0.3) is 0 Å². The van der Waals surface area contributed by atoms with Gasteiger partial charge in [-0.2, -0.15) is 9.61 Å². The van der Waals surface area contributed by atoms with Crippen molar-refractivity contribution >= 4 is 17.2 Å². The number of nitrogens with zero attached hydrogens (tertiary/aromatic N) is 6.